The molecule has 5 nitrogen and oxygen atoms in total. The molecule has 2 aliphatic heterocycles. The first-order chi connectivity index (χ1) is 11.0. The lowest BCUT2D eigenvalue weighted by Crippen LogP contribution is -2.56. The molecule has 0 aromatic carbocycles. The normalized spacial score (nSPS) is 35.0. The highest BCUT2D eigenvalue weighted by Gasteiger charge is 2.47. The number of aliphatic imine (C=N–C) groups is 1. The van der Waals surface area contributed by atoms with Crippen LogP contribution in [-0.2, 0) is 10.3 Å². The molecule has 0 aliphatic carbocycles. The second-order valence-electron chi connectivity index (χ2n) is 6.50. The first kappa shape index (κ1) is 16.9. The summed E-state index contributed by atoms with van der Waals surface area (Å²) in [5.74, 6) is 5.96. The predicted molar refractivity (Wildman–Crippen MR) is 97.0 cm³/mol. The number of thiophene rings is 1. The maximum absolute atomic E-state index is 6.40. The van der Waals surface area contributed by atoms with Gasteiger partial charge in [-0.05, 0) is 25.0 Å². The van der Waals surface area contributed by atoms with Crippen LogP contribution < -0.4 is 11.2 Å². The van der Waals surface area contributed by atoms with Crippen LogP contribution in [0.3, 0.4) is 0 Å². The molecule has 1 fully saturated rings. The number of hydrogen-bond donors (Lipinski definition) is 2. The average molecular weight is 355 g/mol. The molecular formula is C16H23ClN4OS. The maximum atomic E-state index is 6.40. The van der Waals surface area contributed by atoms with Gasteiger partial charge in [-0.15, -0.1) is 11.3 Å². The molecule has 3 heterocycles. The molecular weight excluding hydrogens is 332 g/mol. The number of nitrogens with one attached hydrogen (secondary N) is 1. The molecule has 7 heteroatoms. The zero-order valence-electron chi connectivity index (χ0n) is 13.7. The van der Waals surface area contributed by atoms with E-state index in [2.05, 4.69) is 35.3 Å². The van der Waals surface area contributed by atoms with Gasteiger partial charge >= 0.3 is 0 Å². The van der Waals surface area contributed by atoms with E-state index in [9.17, 15) is 0 Å². The van der Waals surface area contributed by atoms with E-state index in [4.69, 9.17) is 22.2 Å². The van der Waals surface area contributed by atoms with Gasteiger partial charge in [0.1, 0.15) is 0 Å². The van der Waals surface area contributed by atoms with Crippen molar-refractivity contribution in [1.82, 2.24) is 5.32 Å². The molecule has 2 aliphatic rings. The third kappa shape index (κ3) is 3.05. The molecule has 0 bridgehead atoms. The highest BCUT2D eigenvalue weighted by atomic mass is 35.5. The third-order valence-electron chi connectivity index (χ3n) is 4.70. The summed E-state index contributed by atoms with van der Waals surface area (Å²) < 4.78 is 7.23. The molecule has 4 atom stereocenters. The highest BCUT2D eigenvalue weighted by Crippen LogP contribution is 2.49. The first-order valence-electron chi connectivity index (χ1n) is 7.88. The van der Waals surface area contributed by atoms with Gasteiger partial charge in [0.25, 0.3) is 0 Å². The van der Waals surface area contributed by atoms with Gasteiger partial charge in [0.05, 0.1) is 28.3 Å². The predicted octanol–water partition coefficient (Wildman–Crippen LogP) is 2.89. The Balaban J connectivity index is 2.00. The summed E-state index contributed by atoms with van der Waals surface area (Å²) in [5.41, 5.74) is 1.68. The van der Waals surface area contributed by atoms with Gasteiger partial charge in [0, 0.05) is 36.5 Å². The van der Waals surface area contributed by atoms with Crippen molar-refractivity contribution in [1.29, 1.82) is 0 Å². The monoisotopic (exact) mass is 354 g/mol. The van der Waals surface area contributed by atoms with Crippen LogP contribution in [0.15, 0.2) is 16.2 Å². The lowest BCUT2D eigenvalue weighted by Gasteiger charge is -2.47. The summed E-state index contributed by atoms with van der Waals surface area (Å²) in [7, 11) is 1.72. The first-order valence-corrected chi connectivity index (χ1v) is 9.08. The average Bonchev–Trinajstić information content (AvgIpc) is 2.92. The van der Waals surface area contributed by atoms with E-state index in [1.807, 2.05) is 0 Å². The van der Waals surface area contributed by atoms with Crippen molar-refractivity contribution < 1.29 is 4.74 Å². The quantitative estimate of drug-likeness (QED) is 0.487. The lowest BCUT2D eigenvalue weighted by molar-refractivity contribution is -0.0979. The van der Waals surface area contributed by atoms with Crippen molar-refractivity contribution in [2.45, 2.75) is 50.3 Å². The third-order valence-corrected chi connectivity index (χ3v) is 6.20. The van der Waals surface area contributed by atoms with Gasteiger partial charge in [-0.3, -0.25) is 4.99 Å². The fraction of sp³-hybridized carbons (Fsp3) is 0.625. The largest absolute Gasteiger partial charge is 0.369 e. The van der Waals surface area contributed by atoms with E-state index in [-0.39, 0.29) is 17.7 Å². The van der Waals surface area contributed by atoms with Crippen molar-refractivity contribution in [3.63, 3.8) is 0 Å². The zero-order chi connectivity index (χ0) is 16.6. The molecule has 3 rings (SSSR count). The summed E-state index contributed by atoms with van der Waals surface area (Å²) in [6, 6.07) is 2.39. The Morgan fingerprint density at radius 1 is 1.52 bits per heavy atom. The Labute approximate surface area is 146 Å². The Bertz CT molecular complexity index is 644. The molecule has 1 unspecified atom stereocenters. The molecule has 1 aromatic rings. The fourth-order valence-electron chi connectivity index (χ4n) is 3.78. The minimum atomic E-state index is -0.321. The minimum Gasteiger partial charge on any atom is -0.369 e. The van der Waals surface area contributed by atoms with E-state index >= 15 is 0 Å². The van der Waals surface area contributed by atoms with E-state index in [1.54, 1.807) is 24.6 Å². The minimum absolute atomic E-state index is 0.0207. The topological polar surface area (TPSA) is 72.0 Å². The molecule has 3 N–H and O–H groups in total. The van der Waals surface area contributed by atoms with Crippen LogP contribution >= 0.6 is 22.9 Å². The SMILES string of the molecule is CN=C/C(=N\N)[C@@H]1C[C@]2(C[C@H](C)N1)OCC(C)c1sc(Cl)cc12. The summed E-state index contributed by atoms with van der Waals surface area (Å²) in [5, 5.41) is 7.48. The Kier molecular flexibility index (Phi) is 4.78. The second kappa shape index (κ2) is 6.51. The number of nitrogens with two attached hydrogens (primary N) is 1. The number of nitrogens with zero attached hydrogens (tertiary/aromatic N) is 2. The van der Waals surface area contributed by atoms with Gasteiger partial charge < -0.3 is 15.9 Å². The van der Waals surface area contributed by atoms with Crippen LogP contribution in [0.1, 0.15) is 43.0 Å². The van der Waals surface area contributed by atoms with Crippen LogP contribution in [0, 0.1) is 0 Å². The molecule has 0 amide bonds. The fourth-order valence-corrected chi connectivity index (χ4v) is 5.15. The number of fused-ring (bicyclic) bond motifs is 2. The number of piperidine rings is 1. The summed E-state index contributed by atoms with van der Waals surface area (Å²) in [6.07, 6.45) is 3.42. The van der Waals surface area contributed by atoms with Crippen molar-refractivity contribution in [2.24, 2.45) is 15.9 Å². The highest BCUT2D eigenvalue weighted by molar-refractivity contribution is 7.16. The number of hydrazone groups is 1. The van der Waals surface area contributed by atoms with E-state index in [0.29, 0.717) is 5.92 Å². The van der Waals surface area contributed by atoms with Crippen molar-refractivity contribution in [3.8, 4) is 0 Å². The van der Waals surface area contributed by atoms with Gasteiger partial charge in [0.15, 0.2) is 0 Å². The number of halogens is 1. The van der Waals surface area contributed by atoms with Crippen LogP contribution in [0.4, 0.5) is 0 Å². The van der Waals surface area contributed by atoms with Crippen LogP contribution in [0.2, 0.25) is 4.34 Å². The Morgan fingerprint density at radius 3 is 3.00 bits per heavy atom. The zero-order valence-corrected chi connectivity index (χ0v) is 15.2. The molecule has 1 aromatic heterocycles. The summed E-state index contributed by atoms with van der Waals surface area (Å²) in [4.78, 5) is 5.42. The van der Waals surface area contributed by atoms with E-state index < -0.39 is 0 Å². The molecule has 23 heavy (non-hydrogen) atoms. The molecule has 1 saturated heterocycles. The molecule has 1 spiro atoms. The van der Waals surface area contributed by atoms with E-state index in [0.717, 1.165) is 29.5 Å². The smallest absolute Gasteiger partial charge is 0.0976 e. The van der Waals surface area contributed by atoms with E-state index in [1.165, 1.54) is 10.4 Å². The molecule has 0 saturated carbocycles. The van der Waals surface area contributed by atoms with Crippen LogP contribution in [-0.4, -0.2) is 37.7 Å². The van der Waals surface area contributed by atoms with Crippen molar-refractivity contribution in [2.75, 3.05) is 13.7 Å². The van der Waals surface area contributed by atoms with Crippen molar-refractivity contribution >= 4 is 34.9 Å². The summed E-state index contributed by atoms with van der Waals surface area (Å²) in [6.45, 7) is 5.08. The number of ether oxygens (including phenoxy) is 1. The molecule has 126 valence electrons. The molecule has 0 radical (unpaired) electrons. The lowest BCUT2D eigenvalue weighted by atomic mass is 9.75. The maximum Gasteiger partial charge on any atom is 0.0976 e. The van der Waals surface area contributed by atoms with Gasteiger partial charge in [-0.2, -0.15) is 5.10 Å². The van der Waals surface area contributed by atoms with Gasteiger partial charge in [-0.25, -0.2) is 0 Å². The summed E-state index contributed by atoms with van der Waals surface area (Å²) >= 11 is 7.99. The second-order valence-corrected chi connectivity index (χ2v) is 8.22. The standard InChI is InChI=1S/C16H23ClN4OS/c1-9-8-22-16(11-4-14(17)23-15(9)11)5-10(2)20-12(6-16)13(21-18)7-19-3/h4,7,9-10,12,20H,5-6,8,18H2,1-3H3/b19-7?,21-13+/t9?,10-,12-,16-/m0/s1. The Hall–Kier alpha value is -0.950. The van der Waals surface area contributed by atoms with Crippen LogP contribution in [0.5, 0.6) is 0 Å². The Morgan fingerprint density at radius 2 is 2.30 bits per heavy atom. The number of rotatable bonds is 2. The van der Waals surface area contributed by atoms with Gasteiger partial charge in [-0.1, -0.05) is 18.5 Å². The number of hydrogen-bond acceptors (Lipinski definition) is 6. The van der Waals surface area contributed by atoms with Crippen molar-refractivity contribution in [3.05, 3.63) is 20.8 Å². The van der Waals surface area contributed by atoms with Crippen LogP contribution in [0.25, 0.3) is 0 Å². The van der Waals surface area contributed by atoms with Gasteiger partial charge in [0.2, 0.25) is 0 Å².